The third-order valence-corrected chi connectivity index (χ3v) is 3.16. The van der Waals surface area contributed by atoms with Crippen molar-refractivity contribution in [2.45, 2.75) is 33.0 Å². The molecule has 1 N–H and O–H groups in total. The summed E-state index contributed by atoms with van der Waals surface area (Å²) in [6.45, 7) is 5.97. The van der Waals surface area contributed by atoms with E-state index in [0.29, 0.717) is 26.2 Å². The zero-order valence-electron chi connectivity index (χ0n) is 10.9. The van der Waals surface area contributed by atoms with Crippen LogP contribution in [0.4, 0.5) is 0 Å². The van der Waals surface area contributed by atoms with Gasteiger partial charge in [-0.05, 0) is 25.3 Å². The molecule has 100 valence electrons. The van der Waals surface area contributed by atoms with Gasteiger partial charge in [0.1, 0.15) is 0 Å². The number of ether oxygens (including phenoxy) is 2. The number of aliphatic hydroxyl groups excluding tert-OH is 1. The first kappa shape index (κ1) is 15.2. The molecule has 0 aliphatic heterocycles. The molecule has 18 heavy (non-hydrogen) atoms. The first-order valence-corrected chi connectivity index (χ1v) is 7.01. The van der Waals surface area contributed by atoms with Gasteiger partial charge in [-0.1, -0.05) is 11.8 Å². The maximum Gasteiger partial charge on any atom is 0.0826 e. The molecule has 0 amide bonds. The molecule has 0 radical (unpaired) electrons. The van der Waals surface area contributed by atoms with Crippen LogP contribution < -0.4 is 0 Å². The van der Waals surface area contributed by atoms with Crippen molar-refractivity contribution in [3.63, 3.8) is 0 Å². The molecule has 1 rings (SSSR count). The maximum absolute atomic E-state index is 8.68. The minimum absolute atomic E-state index is 0.0882. The van der Waals surface area contributed by atoms with Crippen LogP contribution in [0, 0.1) is 11.8 Å². The largest absolute Gasteiger partial charge is 0.395 e. The second-order valence-corrected chi connectivity index (χ2v) is 4.81. The average Bonchev–Trinajstić information content (AvgIpc) is 2.82. The van der Waals surface area contributed by atoms with Gasteiger partial charge in [-0.2, -0.15) is 0 Å². The van der Waals surface area contributed by atoms with Gasteiger partial charge < -0.3 is 14.6 Å². The Bertz CT molecular complexity index is 389. The minimum atomic E-state index is 0.0882. The maximum atomic E-state index is 8.68. The third-order valence-electron chi connectivity index (χ3n) is 2.26. The van der Waals surface area contributed by atoms with E-state index in [1.165, 1.54) is 0 Å². The second kappa shape index (κ2) is 9.12. The molecular formula is C14H20O3S. The fraction of sp³-hybridized carbons (Fsp3) is 0.571. The summed E-state index contributed by atoms with van der Waals surface area (Å²) >= 11 is 1.64. The summed E-state index contributed by atoms with van der Waals surface area (Å²) in [4.78, 5) is 1.13. The Balaban J connectivity index is 2.43. The SMILES string of the molecule is CCOCC(C)OCc1sccc1C#CCCO. The Hall–Kier alpha value is -0.860. The Morgan fingerprint density at radius 2 is 2.33 bits per heavy atom. The molecule has 4 heteroatoms. The first-order chi connectivity index (χ1) is 8.77. The van der Waals surface area contributed by atoms with E-state index in [-0.39, 0.29) is 12.7 Å². The summed E-state index contributed by atoms with van der Waals surface area (Å²) in [7, 11) is 0. The van der Waals surface area contributed by atoms with Crippen molar-refractivity contribution in [1.29, 1.82) is 0 Å². The number of hydrogen-bond acceptors (Lipinski definition) is 4. The standard InChI is InChI=1S/C14H20O3S/c1-3-16-10-12(2)17-11-14-13(7-9-18-14)6-4-5-8-15/h7,9,12,15H,3,5,8,10-11H2,1-2H3. The quantitative estimate of drug-likeness (QED) is 0.772. The van der Waals surface area contributed by atoms with Crippen LogP contribution in [0.15, 0.2) is 11.4 Å². The molecule has 1 heterocycles. The van der Waals surface area contributed by atoms with E-state index in [1.54, 1.807) is 11.3 Å². The van der Waals surface area contributed by atoms with Crippen LogP contribution in [0.25, 0.3) is 0 Å². The van der Waals surface area contributed by atoms with Crippen LogP contribution in [-0.4, -0.2) is 31.0 Å². The van der Waals surface area contributed by atoms with Gasteiger partial charge in [0.15, 0.2) is 0 Å². The van der Waals surface area contributed by atoms with Crippen molar-refractivity contribution in [2.75, 3.05) is 19.8 Å². The van der Waals surface area contributed by atoms with Gasteiger partial charge >= 0.3 is 0 Å². The smallest absolute Gasteiger partial charge is 0.0826 e. The fourth-order valence-electron chi connectivity index (χ4n) is 1.33. The highest BCUT2D eigenvalue weighted by atomic mass is 32.1. The summed E-state index contributed by atoms with van der Waals surface area (Å²) < 4.78 is 11.0. The molecule has 1 aromatic heterocycles. The van der Waals surface area contributed by atoms with Crippen LogP contribution in [0.2, 0.25) is 0 Å². The van der Waals surface area contributed by atoms with Crippen molar-refractivity contribution in [3.8, 4) is 11.8 Å². The molecular weight excluding hydrogens is 248 g/mol. The highest BCUT2D eigenvalue weighted by Gasteiger charge is 2.06. The van der Waals surface area contributed by atoms with E-state index in [9.17, 15) is 0 Å². The van der Waals surface area contributed by atoms with E-state index < -0.39 is 0 Å². The predicted octanol–water partition coefficient (Wildman–Crippen LogP) is 2.42. The van der Waals surface area contributed by atoms with Gasteiger partial charge in [-0.3, -0.25) is 0 Å². The molecule has 3 nitrogen and oxygen atoms in total. The number of hydrogen-bond donors (Lipinski definition) is 1. The first-order valence-electron chi connectivity index (χ1n) is 6.13. The van der Waals surface area contributed by atoms with Crippen LogP contribution in [-0.2, 0) is 16.1 Å². The highest BCUT2D eigenvalue weighted by Crippen LogP contribution is 2.17. The van der Waals surface area contributed by atoms with Gasteiger partial charge in [0.2, 0.25) is 0 Å². The van der Waals surface area contributed by atoms with E-state index in [4.69, 9.17) is 14.6 Å². The Morgan fingerprint density at radius 1 is 1.50 bits per heavy atom. The predicted molar refractivity (Wildman–Crippen MR) is 73.6 cm³/mol. The van der Waals surface area contributed by atoms with E-state index in [1.807, 2.05) is 25.3 Å². The normalized spacial score (nSPS) is 11.9. The molecule has 0 aliphatic rings. The van der Waals surface area contributed by atoms with Crippen molar-refractivity contribution in [1.82, 2.24) is 0 Å². The molecule has 0 saturated carbocycles. The second-order valence-electron chi connectivity index (χ2n) is 3.81. The Morgan fingerprint density at radius 3 is 3.06 bits per heavy atom. The van der Waals surface area contributed by atoms with Crippen LogP contribution in [0.5, 0.6) is 0 Å². The van der Waals surface area contributed by atoms with E-state index >= 15 is 0 Å². The van der Waals surface area contributed by atoms with Crippen molar-refractivity contribution < 1.29 is 14.6 Å². The van der Waals surface area contributed by atoms with Gasteiger partial charge in [-0.25, -0.2) is 0 Å². The lowest BCUT2D eigenvalue weighted by molar-refractivity contribution is -0.0108. The van der Waals surface area contributed by atoms with Crippen LogP contribution >= 0.6 is 11.3 Å². The van der Waals surface area contributed by atoms with Gasteiger partial charge in [0.05, 0.1) is 25.9 Å². The van der Waals surface area contributed by atoms with Crippen molar-refractivity contribution in [2.24, 2.45) is 0 Å². The lowest BCUT2D eigenvalue weighted by atomic mass is 10.2. The zero-order chi connectivity index (χ0) is 13.2. The molecule has 1 unspecified atom stereocenters. The lowest BCUT2D eigenvalue weighted by Gasteiger charge is -2.12. The summed E-state index contributed by atoms with van der Waals surface area (Å²) in [5.41, 5.74) is 0.997. The molecule has 1 aromatic rings. The van der Waals surface area contributed by atoms with Crippen LogP contribution in [0.3, 0.4) is 0 Å². The molecule has 0 aromatic carbocycles. The Labute approximate surface area is 113 Å². The average molecular weight is 268 g/mol. The minimum Gasteiger partial charge on any atom is -0.395 e. The molecule has 0 bridgehead atoms. The molecule has 0 spiro atoms. The zero-order valence-corrected chi connectivity index (χ0v) is 11.8. The Kier molecular flexibility index (Phi) is 7.70. The molecule has 0 fully saturated rings. The molecule has 1 atom stereocenters. The monoisotopic (exact) mass is 268 g/mol. The van der Waals surface area contributed by atoms with Gasteiger partial charge in [0, 0.05) is 23.5 Å². The number of rotatable bonds is 7. The van der Waals surface area contributed by atoms with Gasteiger partial charge in [0.25, 0.3) is 0 Å². The highest BCUT2D eigenvalue weighted by molar-refractivity contribution is 7.10. The molecule has 0 saturated heterocycles. The van der Waals surface area contributed by atoms with Crippen molar-refractivity contribution in [3.05, 3.63) is 21.9 Å². The van der Waals surface area contributed by atoms with Gasteiger partial charge in [-0.15, -0.1) is 11.3 Å². The van der Waals surface area contributed by atoms with Crippen molar-refractivity contribution >= 4 is 11.3 Å². The fourth-order valence-corrected chi connectivity index (χ4v) is 2.08. The lowest BCUT2D eigenvalue weighted by Crippen LogP contribution is -2.15. The number of aliphatic hydroxyl groups is 1. The summed E-state index contributed by atoms with van der Waals surface area (Å²) in [5.74, 6) is 5.98. The summed E-state index contributed by atoms with van der Waals surface area (Å²) in [6, 6.07) is 1.99. The topological polar surface area (TPSA) is 38.7 Å². The van der Waals surface area contributed by atoms with E-state index in [0.717, 1.165) is 10.4 Å². The third kappa shape index (κ3) is 5.65. The summed E-state index contributed by atoms with van der Waals surface area (Å²) in [6.07, 6.45) is 0.599. The van der Waals surface area contributed by atoms with E-state index in [2.05, 4.69) is 11.8 Å². The summed E-state index contributed by atoms with van der Waals surface area (Å²) in [5, 5.41) is 10.7. The molecule has 0 aliphatic carbocycles. The van der Waals surface area contributed by atoms with Crippen LogP contribution in [0.1, 0.15) is 30.7 Å². The number of thiophene rings is 1.